The van der Waals surface area contributed by atoms with Gasteiger partial charge in [-0.2, -0.15) is 4.98 Å². The molecule has 2 aliphatic rings. The van der Waals surface area contributed by atoms with E-state index in [-0.39, 0.29) is 18.7 Å². The summed E-state index contributed by atoms with van der Waals surface area (Å²) >= 11 is 0. The van der Waals surface area contributed by atoms with E-state index in [0.717, 1.165) is 31.9 Å². The minimum Gasteiger partial charge on any atom is -0.488 e. The fourth-order valence-corrected chi connectivity index (χ4v) is 5.10. The molecule has 11 nitrogen and oxygen atoms in total. The topological polar surface area (TPSA) is 114 Å². The van der Waals surface area contributed by atoms with Gasteiger partial charge in [-0.1, -0.05) is 13.0 Å². The van der Waals surface area contributed by atoms with Crippen LogP contribution in [0.3, 0.4) is 0 Å². The Kier molecular flexibility index (Phi) is 6.32. The number of nitrogens with one attached hydrogen (secondary N) is 1. The number of pyridine rings is 1. The number of piperazine rings is 1. The van der Waals surface area contributed by atoms with Gasteiger partial charge in [-0.3, -0.25) is 4.79 Å². The summed E-state index contributed by atoms with van der Waals surface area (Å²) in [4.78, 5) is 31.9. The summed E-state index contributed by atoms with van der Waals surface area (Å²) in [7, 11) is 2.14. The van der Waals surface area contributed by atoms with Crippen molar-refractivity contribution in [3.8, 4) is 11.6 Å². The number of hydrogen-bond acceptors (Lipinski definition) is 9. The Balaban J connectivity index is 1.36. The Hall–Kier alpha value is -4.22. The first-order valence-electron chi connectivity index (χ1n) is 13.2. The number of hydrogen-bond donors (Lipinski definition) is 2. The second-order valence-electron chi connectivity index (χ2n) is 10.1. The summed E-state index contributed by atoms with van der Waals surface area (Å²) in [6.45, 7) is 10.2. The molecular formula is C28H32N8O3. The van der Waals surface area contributed by atoms with E-state index in [2.05, 4.69) is 45.9 Å². The third-order valence-corrected chi connectivity index (χ3v) is 7.52. The summed E-state index contributed by atoms with van der Waals surface area (Å²) in [6, 6.07) is 11.7. The molecule has 1 fully saturated rings. The first-order chi connectivity index (χ1) is 18.9. The molecule has 202 valence electrons. The lowest BCUT2D eigenvalue weighted by molar-refractivity contribution is 0.01000. The molecule has 1 atom stereocenters. The van der Waals surface area contributed by atoms with Gasteiger partial charge >= 0.3 is 0 Å². The summed E-state index contributed by atoms with van der Waals surface area (Å²) in [5.41, 5.74) is 1.44. The van der Waals surface area contributed by atoms with Crippen molar-refractivity contribution >= 4 is 28.4 Å². The average molecular weight is 529 g/mol. The maximum absolute atomic E-state index is 13.3. The number of likely N-dealkylation sites (N-methyl/N-ethyl adjacent to an activating group) is 1. The normalized spacial score (nSPS) is 19.2. The van der Waals surface area contributed by atoms with Crippen LogP contribution in [0.4, 0.5) is 17.3 Å². The van der Waals surface area contributed by atoms with E-state index in [1.807, 2.05) is 19.1 Å². The van der Waals surface area contributed by atoms with Crippen LogP contribution in [0.5, 0.6) is 5.75 Å². The summed E-state index contributed by atoms with van der Waals surface area (Å²) in [6.07, 6.45) is 3.62. The molecule has 2 aliphatic heterocycles. The Labute approximate surface area is 226 Å². The molecule has 0 radical (unpaired) electrons. The number of nitrogens with zero attached hydrogens (tertiary/aromatic N) is 7. The van der Waals surface area contributed by atoms with Crippen LogP contribution in [0.15, 0.2) is 60.0 Å². The van der Waals surface area contributed by atoms with E-state index in [1.165, 1.54) is 16.6 Å². The van der Waals surface area contributed by atoms with Gasteiger partial charge in [0.1, 0.15) is 29.0 Å². The van der Waals surface area contributed by atoms with E-state index in [0.29, 0.717) is 40.7 Å². The van der Waals surface area contributed by atoms with Gasteiger partial charge < -0.3 is 25.0 Å². The maximum Gasteiger partial charge on any atom is 0.278 e. The van der Waals surface area contributed by atoms with Crippen molar-refractivity contribution in [3.05, 3.63) is 71.3 Å². The van der Waals surface area contributed by atoms with E-state index in [9.17, 15) is 9.90 Å². The Morgan fingerprint density at radius 1 is 1.13 bits per heavy atom. The molecule has 3 aromatic heterocycles. The van der Waals surface area contributed by atoms with Crippen LogP contribution in [0.2, 0.25) is 0 Å². The first-order valence-corrected chi connectivity index (χ1v) is 13.2. The van der Waals surface area contributed by atoms with Crippen LogP contribution >= 0.6 is 0 Å². The number of rotatable bonds is 7. The maximum atomic E-state index is 13.3. The van der Waals surface area contributed by atoms with E-state index < -0.39 is 5.60 Å². The van der Waals surface area contributed by atoms with Crippen molar-refractivity contribution in [1.82, 2.24) is 29.2 Å². The summed E-state index contributed by atoms with van der Waals surface area (Å²) in [5.74, 6) is 1.34. The van der Waals surface area contributed by atoms with E-state index in [4.69, 9.17) is 14.7 Å². The zero-order valence-corrected chi connectivity index (χ0v) is 22.2. The highest BCUT2D eigenvalue weighted by molar-refractivity contribution is 5.77. The van der Waals surface area contributed by atoms with Gasteiger partial charge in [-0.05, 0) is 49.9 Å². The highest BCUT2D eigenvalue weighted by Crippen LogP contribution is 2.38. The Bertz CT molecular complexity index is 1590. The van der Waals surface area contributed by atoms with Crippen LogP contribution in [0.1, 0.15) is 19.0 Å². The lowest BCUT2D eigenvalue weighted by atomic mass is 9.98. The number of benzene rings is 1. The molecule has 0 unspecified atom stereocenters. The molecule has 0 bridgehead atoms. The second-order valence-corrected chi connectivity index (χ2v) is 10.1. The summed E-state index contributed by atoms with van der Waals surface area (Å²) < 4.78 is 8.82. The van der Waals surface area contributed by atoms with Crippen LogP contribution in [0, 0.1) is 0 Å². The minimum absolute atomic E-state index is 0.144. The fraction of sp³-hybridized carbons (Fsp3) is 0.357. The van der Waals surface area contributed by atoms with Crippen molar-refractivity contribution in [1.29, 1.82) is 0 Å². The van der Waals surface area contributed by atoms with Gasteiger partial charge in [-0.25, -0.2) is 19.3 Å². The molecular weight excluding hydrogens is 496 g/mol. The van der Waals surface area contributed by atoms with Gasteiger partial charge in [-0.15, -0.1) is 6.58 Å². The SMILES string of the molecule is C=CCn1c(=O)c2cnc(Nc3ccc(N4CCN(C)CC4)cc3)nc2n1-c1ccc2c(n1)[C@@](O)(CC)CO2. The third kappa shape index (κ3) is 4.43. The van der Waals surface area contributed by atoms with E-state index >= 15 is 0 Å². The van der Waals surface area contributed by atoms with Crippen molar-refractivity contribution in [2.45, 2.75) is 25.5 Å². The lowest BCUT2D eigenvalue weighted by Crippen LogP contribution is -2.44. The monoisotopic (exact) mass is 528 g/mol. The number of allylic oxidation sites excluding steroid dienone is 1. The molecule has 5 heterocycles. The fourth-order valence-electron chi connectivity index (χ4n) is 5.10. The van der Waals surface area contributed by atoms with Crippen LogP contribution in [-0.4, -0.2) is 74.2 Å². The Morgan fingerprint density at radius 3 is 2.62 bits per heavy atom. The standard InChI is InChI=1S/C28H32N8O3/c1-4-12-35-26(37)21-17-29-27(30-19-6-8-20(9-7-19)34-15-13-33(3)14-16-34)32-25(21)36(35)23-11-10-22-24(31-23)28(38,5-2)18-39-22/h4,6-11,17,38H,1,5,12-16,18H2,2-3H3,(H,29,30,32)/t28-/m1/s1. The van der Waals surface area contributed by atoms with Crippen molar-refractivity contribution in [2.75, 3.05) is 50.1 Å². The second kappa shape index (κ2) is 9.83. The van der Waals surface area contributed by atoms with Crippen LogP contribution in [-0.2, 0) is 12.1 Å². The predicted molar refractivity (Wildman–Crippen MR) is 150 cm³/mol. The van der Waals surface area contributed by atoms with Crippen LogP contribution < -0.4 is 20.5 Å². The molecule has 11 heteroatoms. The largest absolute Gasteiger partial charge is 0.488 e. The number of aliphatic hydroxyl groups is 1. The molecule has 1 aromatic carbocycles. The van der Waals surface area contributed by atoms with Gasteiger partial charge in [0.05, 0.1) is 6.54 Å². The molecule has 1 saturated heterocycles. The average Bonchev–Trinajstić information content (AvgIpc) is 3.43. The van der Waals surface area contributed by atoms with Crippen molar-refractivity contribution in [3.63, 3.8) is 0 Å². The number of fused-ring (bicyclic) bond motifs is 2. The number of ether oxygens (including phenoxy) is 1. The minimum atomic E-state index is -1.18. The quantitative estimate of drug-likeness (QED) is 0.350. The predicted octanol–water partition coefficient (Wildman–Crippen LogP) is 2.65. The van der Waals surface area contributed by atoms with Gasteiger partial charge in [0.15, 0.2) is 11.5 Å². The smallest absolute Gasteiger partial charge is 0.278 e. The van der Waals surface area contributed by atoms with E-state index in [1.54, 1.807) is 22.9 Å². The lowest BCUT2D eigenvalue weighted by Gasteiger charge is -2.34. The molecule has 0 amide bonds. The Morgan fingerprint density at radius 2 is 1.90 bits per heavy atom. The molecule has 6 rings (SSSR count). The molecule has 0 spiro atoms. The zero-order chi connectivity index (χ0) is 27.1. The molecule has 39 heavy (non-hydrogen) atoms. The molecule has 2 N–H and O–H groups in total. The first kappa shape index (κ1) is 25.1. The van der Waals surface area contributed by atoms with Gasteiger partial charge in [0.2, 0.25) is 5.95 Å². The zero-order valence-electron chi connectivity index (χ0n) is 22.2. The molecule has 0 saturated carbocycles. The molecule has 4 aromatic rings. The van der Waals surface area contributed by atoms with Crippen molar-refractivity contribution < 1.29 is 9.84 Å². The summed E-state index contributed by atoms with van der Waals surface area (Å²) in [5, 5.41) is 14.6. The number of anilines is 3. The van der Waals surface area contributed by atoms with Gasteiger partial charge in [0.25, 0.3) is 5.56 Å². The van der Waals surface area contributed by atoms with Gasteiger partial charge in [0, 0.05) is 43.8 Å². The molecule has 0 aliphatic carbocycles. The third-order valence-electron chi connectivity index (χ3n) is 7.52. The highest BCUT2D eigenvalue weighted by Gasteiger charge is 2.39. The highest BCUT2D eigenvalue weighted by atomic mass is 16.5. The van der Waals surface area contributed by atoms with Crippen molar-refractivity contribution in [2.24, 2.45) is 0 Å². The number of aromatic nitrogens is 5. The van der Waals surface area contributed by atoms with Crippen LogP contribution in [0.25, 0.3) is 16.9 Å².